The van der Waals surface area contributed by atoms with Crippen molar-refractivity contribution < 1.29 is 23.6 Å². The van der Waals surface area contributed by atoms with Crippen molar-refractivity contribution in [2.24, 2.45) is 7.05 Å². The number of nitrogens with one attached hydrogen (secondary N) is 3. The average Bonchev–Trinajstić information content (AvgIpc) is 3.05. The van der Waals surface area contributed by atoms with Crippen LogP contribution in [-0.2, 0) is 28.0 Å². The summed E-state index contributed by atoms with van der Waals surface area (Å²) in [4.78, 5) is 48.5. The summed E-state index contributed by atoms with van der Waals surface area (Å²) in [6.07, 6.45) is -0.00818. The lowest BCUT2D eigenvalue weighted by molar-refractivity contribution is -0.746. The Morgan fingerprint density at radius 3 is 2.58 bits per heavy atom. The second-order valence-electron chi connectivity index (χ2n) is 5.92. The predicted octanol–water partition coefficient (Wildman–Crippen LogP) is -0.827. The Morgan fingerprint density at radius 1 is 1.31 bits per heavy atom. The molecule has 0 radical (unpaired) electrons. The highest BCUT2D eigenvalue weighted by molar-refractivity contribution is 6.22. The van der Waals surface area contributed by atoms with Crippen molar-refractivity contribution in [3.63, 3.8) is 0 Å². The van der Waals surface area contributed by atoms with Crippen LogP contribution in [0.2, 0.25) is 0 Å². The molecule has 0 saturated carbocycles. The van der Waals surface area contributed by atoms with Crippen molar-refractivity contribution in [1.29, 1.82) is 0 Å². The molecule has 0 spiro atoms. The van der Waals surface area contributed by atoms with Crippen molar-refractivity contribution in [2.45, 2.75) is 25.9 Å². The van der Waals surface area contributed by atoms with E-state index in [1.54, 1.807) is 31.3 Å². The number of amides is 3. The SMILES string of the molecule is CC(=O)Nc1ccc(N2C(=O)CC(NCc3c(=O)o[nH][n+]3C)C2=O)cc1. The molecule has 10 nitrogen and oxygen atoms in total. The lowest BCUT2D eigenvalue weighted by Gasteiger charge is -2.15. The van der Waals surface area contributed by atoms with Gasteiger partial charge in [-0.05, 0) is 29.5 Å². The van der Waals surface area contributed by atoms with Crippen molar-refractivity contribution >= 4 is 29.1 Å². The third-order valence-corrected chi connectivity index (χ3v) is 4.02. The Balaban J connectivity index is 1.70. The van der Waals surface area contributed by atoms with Gasteiger partial charge in [-0.1, -0.05) is 4.68 Å². The molecule has 3 N–H and O–H groups in total. The molecule has 136 valence electrons. The molecule has 2 aromatic rings. The van der Waals surface area contributed by atoms with Crippen LogP contribution in [0.15, 0.2) is 33.6 Å². The first-order valence-electron chi connectivity index (χ1n) is 7.91. The van der Waals surface area contributed by atoms with Gasteiger partial charge in [-0.3, -0.25) is 24.2 Å². The Bertz CT molecular complexity index is 914. The first-order chi connectivity index (χ1) is 12.4. The zero-order chi connectivity index (χ0) is 18.8. The highest BCUT2D eigenvalue weighted by Gasteiger charge is 2.39. The zero-order valence-electron chi connectivity index (χ0n) is 14.2. The second kappa shape index (κ2) is 6.92. The molecule has 10 heteroatoms. The molecule has 1 saturated heterocycles. The lowest BCUT2D eigenvalue weighted by Crippen LogP contribution is -2.43. The molecule has 26 heavy (non-hydrogen) atoms. The molecule has 0 bridgehead atoms. The van der Waals surface area contributed by atoms with Crippen LogP contribution >= 0.6 is 0 Å². The monoisotopic (exact) mass is 360 g/mol. The molecule has 1 aliphatic heterocycles. The minimum atomic E-state index is -0.730. The van der Waals surface area contributed by atoms with Crippen LogP contribution in [0.25, 0.3) is 0 Å². The molecule has 3 amide bonds. The van der Waals surface area contributed by atoms with Crippen molar-refractivity contribution in [3.05, 3.63) is 40.4 Å². The number of imide groups is 1. The van der Waals surface area contributed by atoms with Gasteiger partial charge in [0, 0.05) is 12.6 Å². The van der Waals surface area contributed by atoms with Crippen molar-refractivity contribution in [3.8, 4) is 0 Å². The fourth-order valence-electron chi connectivity index (χ4n) is 2.73. The van der Waals surface area contributed by atoms with Gasteiger partial charge in [0.1, 0.15) is 0 Å². The third kappa shape index (κ3) is 3.40. The van der Waals surface area contributed by atoms with Crippen LogP contribution in [0, 0.1) is 0 Å². The Hall–Kier alpha value is -3.27. The Morgan fingerprint density at radius 2 is 2.00 bits per heavy atom. The minimum absolute atomic E-state index is 0.00818. The predicted molar refractivity (Wildman–Crippen MR) is 89.0 cm³/mol. The highest BCUT2D eigenvalue weighted by Crippen LogP contribution is 2.24. The Labute approximate surface area is 147 Å². The number of rotatable bonds is 5. The van der Waals surface area contributed by atoms with Gasteiger partial charge in [0.05, 0.1) is 24.7 Å². The van der Waals surface area contributed by atoms with Gasteiger partial charge in [0.15, 0.2) is 7.05 Å². The molecule has 1 fully saturated rings. The average molecular weight is 360 g/mol. The maximum absolute atomic E-state index is 12.6. The van der Waals surface area contributed by atoms with E-state index in [1.807, 2.05) is 0 Å². The van der Waals surface area contributed by atoms with Crippen LogP contribution in [0.1, 0.15) is 19.0 Å². The summed E-state index contributed by atoms with van der Waals surface area (Å²) in [6.45, 7) is 1.48. The number of aryl methyl sites for hydroxylation is 1. The Kier molecular flexibility index (Phi) is 4.67. The van der Waals surface area contributed by atoms with E-state index >= 15 is 0 Å². The first-order valence-corrected chi connectivity index (χ1v) is 7.91. The number of anilines is 2. The van der Waals surface area contributed by atoms with Gasteiger partial charge in [0.25, 0.3) is 5.91 Å². The minimum Gasteiger partial charge on any atom is -0.326 e. The lowest BCUT2D eigenvalue weighted by atomic mass is 10.2. The maximum Gasteiger partial charge on any atom is 0.431 e. The molecule has 1 aromatic heterocycles. The number of benzene rings is 1. The number of aromatic amines is 1. The summed E-state index contributed by atoms with van der Waals surface area (Å²) in [5.41, 5.74) is 0.761. The molecule has 3 rings (SSSR count). The molecular weight excluding hydrogens is 342 g/mol. The summed E-state index contributed by atoms with van der Waals surface area (Å²) in [7, 11) is 1.60. The van der Waals surface area contributed by atoms with E-state index < -0.39 is 17.6 Å². The van der Waals surface area contributed by atoms with Crippen LogP contribution in [-0.4, -0.2) is 29.0 Å². The molecule has 1 aromatic carbocycles. The number of hydrogen-bond acceptors (Lipinski definition) is 6. The first kappa shape index (κ1) is 17.5. The van der Waals surface area contributed by atoms with Crippen LogP contribution in [0.3, 0.4) is 0 Å². The number of H-pyrrole nitrogens is 1. The van der Waals surface area contributed by atoms with Crippen molar-refractivity contribution in [1.82, 2.24) is 10.6 Å². The van der Waals surface area contributed by atoms with Crippen molar-refractivity contribution in [2.75, 3.05) is 10.2 Å². The zero-order valence-corrected chi connectivity index (χ0v) is 14.2. The van der Waals surface area contributed by atoms with Gasteiger partial charge in [-0.15, -0.1) is 0 Å². The van der Waals surface area contributed by atoms with Gasteiger partial charge < -0.3 is 5.32 Å². The third-order valence-electron chi connectivity index (χ3n) is 4.02. The van der Waals surface area contributed by atoms with E-state index in [9.17, 15) is 19.2 Å². The maximum atomic E-state index is 12.6. The van der Waals surface area contributed by atoms with E-state index in [2.05, 4.69) is 20.4 Å². The second-order valence-corrected chi connectivity index (χ2v) is 5.92. The number of carbonyl (C=O) groups excluding carboxylic acids is 3. The van der Waals surface area contributed by atoms with E-state index in [1.165, 1.54) is 11.6 Å². The molecule has 1 unspecified atom stereocenters. The summed E-state index contributed by atoms with van der Waals surface area (Å²) in [5.74, 6) is -0.951. The number of aromatic nitrogens is 2. The molecular formula is C16H18N5O5+. The standard InChI is InChI=1S/C16H17N5O5/c1-9(22)18-10-3-5-11(6-4-10)21-14(23)7-12(15(21)24)17-8-13-16(25)26-19-20(13)2/h3-6,12,17H,7-8H2,1-2H3,(H-,18,19,22,25)/p+1. The fraction of sp³-hybridized carbons (Fsp3) is 0.312. The van der Waals surface area contributed by atoms with Gasteiger partial charge in [0.2, 0.25) is 11.8 Å². The van der Waals surface area contributed by atoms with E-state index in [-0.39, 0.29) is 24.8 Å². The number of nitrogens with zero attached hydrogens (tertiary/aromatic N) is 2. The van der Waals surface area contributed by atoms with Gasteiger partial charge in [-0.2, -0.15) is 0 Å². The fourth-order valence-corrected chi connectivity index (χ4v) is 2.73. The number of carbonyl (C=O) groups is 3. The molecule has 0 aliphatic carbocycles. The number of hydrogen-bond donors (Lipinski definition) is 3. The van der Waals surface area contributed by atoms with E-state index in [4.69, 9.17) is 0 Å². The summed E-state index contributed by atoms with van der Waals surface area (Å²) in [6, 6.07) is 5.67. The normalized spacial score (nSPS) is 17.0. The van der Waals surface area contributed by atoms with Gasteiger partial charge >= 0.3 is 11.3 Å². The van der Waals surface area contributed by atoms with E-state index in [0.717, 1.165) is 4.90 Å². The van der Waals surface area contributed by atoms with Crippen LogP contribution in [0.4, 0.5) is 11.4 Å². The molecule has 2 heterocycles. The summed E-state index contributed by atoms with van der Waals surface area (Å²) >= 11 is 0. The summed E-state index contributed by atoms with van der Waals surface area (Å²) < 4.78 is 6.04. The highest BCUT2D eigenvalue weighted by atomic mass is 16.5. The molecule has 1 atom stereocenters. The van der Waals surface area contributed by atoms with E-state index in [0.29, 0.717) is 17.1 Å². The quantitative estimate of drug-likeness (QED) is 0.472. The molecule has 1 aliphatic rings. The van der Waals surface area contributed by atoms with Crippen LogP contribution < -0.4 is 25.8 Å². The topological polar surface area (TPSA) is 128 Å². The summed E-state index contributed by atoms with van der Waals surface area (Å²) in [5, 5.41) is 7.91. The smallest absolute Gasteiger partial charge is 0.326 e. The van der Waals surface area contributed by atoms with Gasteiger partial charge in [-0.25, -0.2) is 9.69 Å². The largest absolute Gasteiger partial charge is 0.431 e. The van der Waals surface area contributed by atoms with Crippen LogP contribution in [0.5, 0.6) is 0 Å².